The molecule has 122 valence electrons. The largest absolute Gasteiger partial charge is 0.399 e. The SMILES string of the molecule is Cn1cc(-c2cccc(N)c2F)nc(Nc2cccc(N)c2)c1=O. The van der Waals surface area contributed by atoms with Crippen LogP contribution in [-0.2, 0) is 7.05 Å². The third kappa shape index (κ3) is 2.91. The van der Waals surface area contributed by atoms with E-state index in [2.05, 4.69) is 10.3 Å². The van der Waals surface area contributed by atoms with E-state index in [-0.39, 0.29) is 22.6 Å². The Labute approximate surface area is 137 Å². The first kappa shape index (κ1) is 15.5. The van der Waals surface area contributed by atoms with Crippen molar-refractivity contribution in [2.45, 2.75) is 0 Å². The highest BCUT2D eigenvalue weighted by molar-refractivity contribution is 5.67. The minimum atomic E-state index is -0.571. The van der Waals surface area contributed by atoms with Gasteiger partial charge in [-0.3, -0.25) is 4.79 Å². The summed E-state index contributed by atoms with van der Waals surface area (Å²) < 4.78 is 15.6. The number of nitrogens with zero attached hydrogens (tertiary/aromatic N) is 2. The Morgan fingerprint density at radius 2 is 1.92 bits per heavy atom. The average Bonchev–Trinajstić information content (AvgIpc) is 2.54. The molecule has 0 amide bonds. The second kappa shape index (κ2) is 6.04. The van der Waals surface area contributed by atoms with Crippen LogP contribution in [0, 0.1) is 5.82 Å². The third-order valence-electron chi connectivity index (χ3n) is 3.53. The van der Waals surface area contributed by atoms with E-state index in [4.69, 9.17) is 11.5 Å². The molecule has 3 rings (SSSR count). The van der Waals surface area contributed by atoms with Crippen molar-refractivity contribution >= 4 is 22.9 Å². The summed E-state index contributed by atoms with van der Waals surface area (Å²) in [6.07, 6.45) is 1.46. The van der Waals surface area contributed by atoms with E-state index in [9.17, 15) is 9.18 Å². The van der Waals surface area contributed by atoms with E-state index in [0.29, 0.717) is 17.1 Å². The molecule has 3 aromatic rings. The molecular formula is C17H16FN5O. The highest BCUT2D eigenvalue weighted by atomic mass is 19.1. The summed E-state index contributed by atoms with van der Waals surface area (Å²) in [6, 6.07) is 11.6. The molecule has 0 spiro atoms. The first-order valence-electron chi connectivity index (χ1n) is 7.20. The molecule has 0 saturated heterocycles. The fourth-order valence-corrected chi connectivity index (χ4v) is 2.32. The molecule has 0 radical (unpaired) electrons. The van der Waals surface area contributed by atoms with E-state index in [1.807, 2.05) is 0 Å². The number of nitrogens with one attached hydrogen (secondary N) is 1. The average molecular weight is 325 g/mol. The number of rotatable bonds is 3. The standard InChI is InChI=1S/C17H16FN5O/c1-23-9-14(12-6-3-7-13(20)15(12)18)22-16(17(23)24)21-11-5-2-4-10(19)8-11/h2-9H,19-20H2,1H3,(H,21,22). The zero-order chi connectivity index (χ0) is 17.3. The predicted molar refractivity (Wildman–Crippen MR) is 93.4 cm³/mol. The maximum atomic E-state index is 14.2. The second-order valence-corrected chi connectivity index (χ2v) is 5.35. The van der Waals surface area contributed by atoms with E-state index in [1.54, 1.807) is 43.4 Å². The Bertz CT molecular complexity index is 967. The van der Waals surface area contributed by atoms with Gasteiger partial charge in [0.05, 0.1) is 11.4 Å². The monoisotopic (exact) mass is 325 g/mol. The number of nitrogen functional groups attached to an aromatic ring is 2. The Balaban J connectivity index is 2.09. The molecule has 0 unspecified atom stereocenters. The van der Waals surface area contributed by atoms with Gasteiger partial charge in [0.2, 0.25) is 0 Å². The molecule has 0 bridgehead atoms. The first-order valence-corrected chi connectivity index (χ1v) is 7.20. The van der Waals surface area contributed by atoms with Crippen molar-refractivity contribution in [2.75, 3.05) is 16.8 Å². The molecule has 1 heterocycles. The van der Waals surface area contributed by atoms with Gasteiger partial charge in [-0.1, -0.05) is 12.1 Å². The van der Waals surface area contributed by atoms with Crippen LogP contribution in [0.3, 0.4) is 0 Å². The first-order chi connectivity index (χ1) is 11.5. The smallest absolute Gasteiger partial charge is 0.293 e. The number of benzene rings is 2. The zero-order valence-corrected chi connectivity index (χ0v) is 13.0. The molecule has 0 fully saturated rings. The summed E-state index contributed by atoms with van der Waals surface area (Å²) >= 11 is 0. The Kier molecular flexibility index (Phi) is 3.91. The summed E-state index contributed by atoms with van der Waals surface area (Å²) in [6.45, 7) is 0. The van der Waals surface area contributed by atoms with Crippen molar-refractivity contribution in [1.82, 2.24) is 9.55 Å². The molecule has 2 aromatic carbocycles. The van der Waals surface area contributed by atoms with Crippen molar-refractivity contribution in [3.8, 4) is 11.3 Å². The summed E-state index contributed by atoms with van der Waals surface area (Å²) in [7, 11) is 1.57. The van der Waals surface area contributed by atoms with Crippen LogP contribution in [0.15, 0.2) is 53.5 Å². The second-order valence-electron chi connectivity index (χ2n) is 5.35. The summed E-state index contributed by atoms with van der Waals surface area (Å²) in [4.78, 5) is 16.5. The van der Waals surface area contributed by atoms with E-state index in [1.165, 1.54) is 16.8 Å². The van der Waals surface area contributed by atoms with Gasteiger partial charge in [0.25, 0.3) is 5.56 Å². The van der Waals surface area contributed by atoms with Gasteiger partial charge < -0.3 is 21.4 Å². The maximum Gasteiger partial charge on any atom is 0.293 e. The number of anilines is 4. The van der Waals surface area contributed by atoms with E-state index in [0.717, 1.165) is 0 Å². The predicted octanol–water partition coefficient (Wildman–Crippen LogP) is 2.49. The van der Waals surface area contributed by atoms with Gasteiger partial charge in [-0.2, -0.15) is 0 Å². The van der Waals surface area contributed by atoms with Crippen LogP contribution >= 0.6 is 0 Å². The lowest BCUT2D eigenvalue weighted by atomic mass is 10.1. The Hall–Kier alpha value is -3.35. The van der Waals surface area contributed by atoms with Crippen LogP contribution in [0.25, 0.3) is 11.3 Å². The number of hydrogen-bond acceptors (Lipinski definition) is 5. The van der Waals surface area contributed by atoms with Gasteiger partial charge in [-0.25, -0.2) is 9.37 Å². The lowest BCUT2D eigenvalue weighted by Crippen LogP contribution is -2.21. The van der Waals surface area contributed by atoms with Crippen LogP contribution in [0.4, 0.5) is 27.3 Å². The van der Waals surface area contributed by atoms with Crippen molar-refractivity contribution in [1.29, 1.82) is 0 Å². The van der Waals surface area contributed by atoms with Crippen molar-refractivity contribution < 1.29 is 4.39 Å². The molecule has 0 atom stereocenters. The molecule has 0 aliphatic rings. The maximum absolute atomic E-state index is 14.2. The number of aromatic nitrogens is 2. The minimum Gasteiger partial charge on any atom is -0.399 e. The van der Waals surface area contributed by atoms with Gasteiger partial charge in [-0.05, 0) is 30.3 Å². The van der Waals surface area contributed by atoms with Crippen molar-refractivity contribution in [3.63, 3.8) is 0 Å². The molecule has 0 aliphatic carbocycles. The minimum absolute atomic E-state index is 0.0218. The quantitative estimate of drug-likeness (QED) is 0.643. The molecule has 7 heteroatoms. The molecule has 0 saturated carbocycles. The summed E-state index contributed by atoms with van der Waals surface area (Å²) in [5.74, 6) is -0.499. The summed E-state index contributed by atoms with van der Waals surface area (Å²) in [5.41, 5.74) is 12.7. The van der Waals surface area contributed by atoms with E-state index >= 15 is 0 Å². The molecular weight excluding hydrogens is 309 g/mol. The van der Waals surface area contributed by atoms with Crippen molar-refractivity contribution in [3.05, 3.63) is 64.8 Å². The van der Waals surface area contributed by atoms with Gasteiger partial charge in [0.1, 0.15) is 0 Å². The summed E-state index contributed by atoms with van der Waals surface area (Å²) in [5, 5.41) is 2.92. The van der Waals surface area contributed by atoms with Gasteiger partial charge >= 0.3 is 0 Å². The van der Waals surface area contributed by atoms with Crippen molar-refractivity contribution in [2.24, 2.45) is 7.05 Å². The molecule has 0 aliphatic heterocycles. The van der Waals surface area contributed by atoms with Gasteiger partial charge in [0, 0.05) is 30.2 Å². The van der Waals surface area contributed by atoms with Gasteiger partial charge in [-0.15, -0.1) is 0 Å². The fraction of sp³-hybridized carbons (Fsp3) is 0.0588. The van der Waals surface area contributed by atoms with Crippen LogP contribution in [0.5, 0.6) is 0 Å². The fourth-order valence-electron chi connectivity index (χ4n) is 2.32. The zero-order valence-electron chi connectivity index (χ0n) is 13.0. The molecule has 5 N–H and O–H groups in total. The number of aryl methyl sites for hydroxylation is 1. The van der Waals surface area contributed by atoms with Gasteiger partial charge in [0.15, 0.2) is 11.6 Å². The Morgan fingerprint density at radius 1 is 1.17 bits per heavy atom. The molecule has 6 nitrogen and oxygen atoms in total. The normalized spacial score (nSPS) is 10.6. The highest BCUT2D eigenvalue weighted by Gasteiger charge is 2.13. The van der Waals surface area contributed by atoms with E-state index < -0.39 is 5.82 Å². The number of nitrogens with two attached hydrogens (primary N) is 2. The number of halogens is 1. The Morgan fingerprint density at radius 3 is 2.67 bits per heavy atom. The van der Waals surface area contributed by atoms with Crippen LogP contribution in [-0.4, -0.2) is 9.55 Å². The van der Waals surface area contributed by atoms with Crippen LogP contribution in [0.2, 0.25) is 0 Å². The topological polar surface area (TPSA) is 99.0 Å². The van der Waals surface area contributed by atoms with Crippen LogP contribution < -0.4 is 22.3 Å². The lowest BCUT2D eigenvalue weighted by molar-refractivity contribution is 0.635. The third-order valence-corrected chi connectivity index (χ3v) is 3.53. The molecule has 24 heavy (non-hydrogen) atoms. The highest BCUT2D eigenvalue weighted by Crippen LogP contribution is 2.25. The van der Waals surface area contributed by atoms with Crippen LogP contribution in [0.1, 0.15) is 0 Å². The lowest BCUT2D eigenvalue weighted by Gasteiger charge is -2.11. The number of hydrogen-bond donors (Lipinski definition) is 3. The molecule has 1 aromatic heterocycles.